The van der Waals surface area contributed by atoms with Crippen LogP contribution in [0.25, 0.3) is 100 Å². The molecule has 2 aromatic heterocycles. The molecule has 10 aromatic rings. The summed E-state index contributed by atoms with van der Waals surface area (Å²) in [6.07, 6.45) is 0. The highest BCUT2D eigenvalue weighted by Crippen LogP contribution is 2.37. The second kappa shape index (κ2) is 13.3. The zero-order valence-electron chi connectivity index (χ0n) is 29.1. The van der Waals surface area contributed by atoms with Crippen molar-refractivity contribution >= 4 is 32.3 Å². The molecule has 5 heteroatoms. The van der Waals surface area contributed by atoms with Gasteiger partial charge in [-0.15, -0.1) is 0 Å². The molecule has 10 rings (SSSR count). The Kier molecular flexibility index (Phi) is 7.73. The summed E-state index contributed by atoms with van der Waals surface area (Å²) >= 11 is 0. The van der Waals surface area contributed by atoms with Crippen molar-refractivity contribution in [2.24, 2.45) is 0 Å². The first kappa shape index (κ1) is 31.4. The van der Waals surface area contributed by atoms with Crippen LogP contribution in [0.15, 0.2) is 188 Å². The van der Waals surface area contributed by atoms with Gasteiger partial charge in [-0.2, -0.15) is 0 Å². The minimum atomic E-state index is 0.608. The molecule has 2 heterocycles. The number of rotatable bonds is 6. The lowest BCUT2D eigenvalue weighted by Crippen LogP contribution is -2.01. The largest absolute Gasteiger partial charge is 0.228 e. The van der Waals surface area contributed by atoms with Crippen LogP contribution in [-0.4, -0.2) is 24.9 Å². The maximum Gasteiger partial charge on any atom is 0.164 e. The predicted octanol–water partition coefficient (Wildman–Crippen LogP) is 12.1. The smallest absolute Gasteiger partial charge is 0.164 e. The molecule has 0 atom stereocenters. The molecule has 0 unspecified atom stereocenters. The average Bonchev–Trinajstić information content (AvgIpc) is 3.26. The highest BCUT2D eigenvalue weighted by molar-refractivity contribution is 6.04. The first-order chi connectivity index (χ1) is 26.7. The van der Waals surface area contributed by atoms with Crippen molar-refractivity contribution in [1.82, 2.24) is 24.9 Å². The molecule has 0 aliphatic carbocycles. The Morgan fingerprint density at radius 2 is 0.685 bits per heavy atom. The summed E-state index contributed by atoms with van der Waals surface area (Å²) in [4.78, 5) is 25.6. The third kappa shape index (κ3) is 5.84. The van der Waals surface area contributed by atoms with Gasteiger partial charge < -0.3 is 0 Å². The van der Waals surface area contributed by atoms with Crippen LogP contribution >= 0.6 is 0 Å². The van der Waals surface area contributed by atoms with E-state index in [1.807, 2.05) is 36.4 Å². The van der Waals surface area contributed by atoms with Crippen LogP contribution in [0, 0.1) is 0 Å². The van der Waals surface area contributed by atoms with Gasteiger partial charge in [0.05, 0.1) is 11.4 Å². The molecule has 0 aliphatic rings. The van der Waals surface area contributed by atoms with Gasteiger partial charge in [-0.05, 0) is 56.6 Å². The van der Waals surface area contributed by atoms with Crippen LogP contribution in [0.3, 0.4) is 0 Å². The summed E-state index contributed by atoms with van der Waals surface area (Å²) < 4.78 is 0. The highest BCUT2D eigenvalue weighted by atomic mass is 15.0. The second-order valence-corrected chi connectivity index (χ2v) is 13.3. The lowest BCUT2D eigenvalue weighted by atomic mass is 9.96. The van der Waals surface area contributed by atoms with Crippen molar-refractivity contribution in [3.05, 3.63) is 188 Å². The molecule has 0 spiro atoms. The molecule has 5 nitrogen and oxygen atoms in total. The maximum atomic E-state index is 5.18. The lowest BCUT2D eigenvalue weighted by Gasteiger charge is -2.14. The van der Waals surface area contributed by atoms with E-state index in [0.29, 0.717) is 23.3 Å². The van der Waals surface area contributed by atoms with E-state index >= 15 is 0 Å². The van der Waals surface area contributed by atoms with Crippen molar-refractivity contribution in [1.29, 1.82) is 0 Å². The summed E-state index contributed by atoms with van der Waals surface area (Å²) in [7, 11) is 0. The fourth-order valence-corrected chi connectivity index (χ4v) is 7.19. The van der Waals surface area contributed by atoms with Crippen LogP contribution in [0.4, 0.5) is 0 Å². The number of aromatic nitrogens is 5. The summed E-state index contributed by atoms with van der Waals surface area (Å²) in [6, 6.07) is 64.7. The molecule has 0 saturated carbocycles. The summed E-state index contributed by atoms with van der Waals surface area (Å²) in [6.45, 7) is 0. The van der Waals surface area contributed by atoms with E-state index < -0.39 is 0 Å². The van der Waals surface area contributed by atoms with E-state index in [0.717, 1.165) is 66.3 Å². The first-order valence-electron chi connectivity index (χ1n) is 18.0. The highest BCUT2D eigenvalue weighted by Gasteiger charge is 2.18. The molecule has 0 saturated heterocycles. The summed E-state index contributed by atoms with van der Waals surface area (Å²) in [5, 5.41) is 6.68. The Balaban J connectivity index is 1.17. The molecule has 252 valence electrons. The van der Waals surface area contributed by atoms with Gasteiger partial charge in [0.15, 0.2) is 23.3 Å². The number of fused-ring (bicyclic) bond motifs is 3. The first-order valence-corrected chi connectivity index (χ1v) is 18.0. The lowest BCUT2D eigenvalue weighted by molar-refractivity contribution is 1.08. The minimum Gasteiger partial charge on any atom is -0.228 e. The predicted molar refractivity (Wildman–Crippen MR) is 221 cm³/mol. The minimum absolute atomic E-state index is 0.608. The van der Waals surface area contributed by atoms with Crippen molar-refractivity contribution in [2.45, 2.75) is 0 Å². The quantitative estimate of drug-likeness (QED) is 0.174. The van der Waals surface area contributed by atoms with Crippen molar-refractivity contribution in [2.75, 3.05) is 0 Å². The third-order valence-corrected chi connectivity index (χ3v) is 9.92. The zero-order valence-corrected chi connectivity index (χ0v) is 29.1. The van der Waals surface area contributed by atoms with E-state index in [4.69, 9.17) is 24.9 Å². The molecule has 8 aromatic carbocycles. The van der Waals surface area contributed by atoms with E-state index in [-0.39, 0.29) is 0 Å². The fraction of sp³-hybridized carbons (Fsp3) is 0. The SMILES string of the molecule is c1ccc(-c2cc(-c3ccc(-c4nc(-c5ccc6ccccc6c5)nc(-c5ccc6ccccc6c5)n4)c4ccccc34)nc(-c3ccccc3)n2)cc1. The molecule has 0 N–H and O–H groups in total. The van der Waals surface area contributed by atoms with Crippen LogP contribution in [0.5, 0.6) is 0 Å². The van der Waals surface area contributed by atoms with E-state index in [2.05, 4.69) is 152 Å². The van der Waals surface area contributed by atoms with E-state index in [1.165, 1.54) is 10.8 Å². The average molecular weight is 690 g/mol. The molecule has 0 aliphatic heterocycles. The summed E-state index contributed by atoms with van der Waals surface area (Å²) in [5.74, 6) is 2.53. The van der Waals surface area contributed by atoms with Gasteiger partial charge in [0, 0.05) is 33.4 Å². The molecule has 0 fully saturated rings. The third-order valence-electron chi connectivity index (χ3n) is 9.92. The second-order valence-electron chi connectivity index (χ2n) is 13.3. The standard InChI is InChI=1S/C49H31N5/c1-3-15-34(16-4-1)44-31-45(51-46(50-44)35-17-5-2-6-18-35)42-27-28-43(41-22-12-11-21-40(41)42)49-53-47(38-25-23-32-13-7-9-19-36(32)29-38)52-48(54-49)39-26-24-33-14-8-10-20-37(33)30-39/h1-31H. The molecular weight excluding hydrogens is 659 g/mol. The zero-order chi connectivity index (χ0) is 35.8. The molecule has 0 radical (unpaired) electrons. The van der Waals surface area contributed by atoms with Gasteiger partial charge in [0.2, 0.25) is 0 Å². The number of benzene rings is 8. The Bertz CT molecular complexity index is 2840. The van der Waals surface area contributed by atoms with E-state index in [1.54, 1.807) is 0 Å². The Hall–Kier alpha value is -7.37. The molecular formula is C49H31N5. The Morgan fingerprint density at radius 1 is 0.241 bits per heavy atom. The Labute approximate surface area is 312 Å². The molecule has 0 amide bonds. The Morgan fingerprint density at radius 3 is 1.30 bits per heavy atom. The van der Waals surface area contributed by atoms with Crippen LogP contribution in [0.2, 0.25) is 0 Å². The van der Waals surface area contributed by atoms with Crippen LogP contribution in [-0.2, 0) is 0 Å². The monoisotopic (exact) mass is 689 g/mol. The van der Waals surface area contributed by atoms with Gasteiger partial charge in [0.25, 0.3) is 0 Å². The molecule has 54 heavy (non-hydrogen) atoms. The van der Waals surface area contributed by atoms with Gasteiger partial charge in [0.1, 0.15) is 0 Å². The molecule has 0 bridgehead atoms. The fourth-order valence-electron chi connectivity index (χ4n) is 7.19. The van der Waals surface area contributed by atoms with Crippen molar-refractivity contribution in [3.63, 3.8) is 0 Å². The van der Waals surface area contributed by atoms with Gasteiger partial charge in [-0.3, -0.25) is 0 Å². The van der Waals surface area contributed by atoms with Crippen molar-refractivity contribution in [3.8, 4) is 68.1 Å². The number of hydrogen-bond acceptors (Lipinski definition) is 5. The van der Waals surface area contributed by atoms with Gasteiger partial charge in [-0.25, -0.2) is 24.9 Å². The van der Waals surface area contributed by atoms with Gasteiger partial charge >= 0.3 is 0 Å². The van der Waals surface area contributed by atoms with Crippen LogP contribution in [0.1, 0.15) is 0 Å². The topological polar surface area (TPSA) is 64.5 Å². The van der Waals surface area contributed by atoms with Crippen LogP contribution < -0.4 is 0 Å². The summed E-state index contributed by atoms with van der Waals surface area (Å²) in [5.41, 5.74) is 7.49. The maximum absolute atomic E-state index is 5.18. The van der Waals surface area contributed by atoms with E-state index in [9.17, 15) is 0 Å². The normalized spacial score (nSPS) is 11.3. The van der Waals surface area contributed by atoms with Gasteiger partial charge in [-0.1, -0.05) is 164 Å². The number of nitrogens with zero attached hydrogens (tertiary/aromatic N) is 5. The number of hydrogen-bond donors (Lipinski definition) is 0. The van der Waals surface area contributed by atoms with Crippen molar-refractivity contribution < 1.29 is 0 Å².